The Balaban J connectivity index is 0.00000196. The molecule has 0 aliphatic carbocycles. The van der Waals surface area contributed by atoms with E-state index in [4.69, 9.17) is 0 Å². The number of hydrogen-bond acceptors (Lipinski definition) is 2. The molecule has 130 valence electrons. The maximum Gasteiger partial charge on any atom is 0.166 e. The topological polar surface area (TPSA) is 30.7 Å². The van der Waals surface area contributed by atoms with Gasteiger partial charge in [-0.1, -0.05) is 54.6 Å². The predicted octanol–water partition coefficient (Wildman–Crippen LogP) is 0.234. The summed E-state index contributed by atoms with van der Waals surface area (Å²) in [5.74, 6) is 0. The summed E-state index contributed by atoms with van der Waals surface area (Å²) in [6, 6.07) is 32.4. The number of hydrogen-bond donors (Lipinski definition) is 0. The smallest absolute Gasteiger partial charge is 0.166 e. The summed E-state index contributed by atoms with van der Waals surface area (Å²) >= 11 is 0. The first kappa shape index (κ1) is 18.3. The fourth-order valence-electron chi connectivity index (χ4n) is 3.26. The minimum Gasteiger partial charge on any atom is -1.00 e. The molecular weight excluding hydrogens is 361 g/mol. The van der Waals surface area contributed by atoms with Crippen LogP contribution in [0.1, 0.15) is 0 Å². The van der Waals surface area contributed by atoms with E-state index in [-0.39, 0.29) is 12.4 Å². The monoisotopic (exact) mass is 379 g/mol. The molecule has 26 heavy (non-hydrogen) atoms. The molecule has 0 saturated carbocycles. The van der Waals surface area contributed by atoms with Crippen LogP contribution in [-0.2, 0) is 6.29 Å². The van der Waals surface area contributed by atoms with Gasteiger partial charge < -0.3 is 12.4 Å². The molecule has 3 aromatic carbocycles. The van der Waals surface area contributed by atoms with Crippen LogP contribution in [0.5, 0.6) is 0 Å². The highest BCUT2D eigenvalue weighted by molar-refractivity contribution is 7.94. The number of halogens is 1. The van der Waals surface area contributed by atoms with E-state index in [0.29, 0.717) is 0 Å². The van der Waals surface area contributed by atoms with Crippen molar-refractivity contribution < 1.29 is 12.4 Å². The molecule has 1 aromatic heterocycles. The van der Waals surface area contributed by atoms with Crippen molar-refractivity contribution in [2.45, 2.75) is 6.29 Å². The molecule has 5 heteroatoms. The summed E-state index contributed by atoms with van der Waals surface area (Å²) in [7, 11) is -1.88. The zero-order chi connectivity index (χ0) is 17.0. The van der Waals surface area contributed by atoms with Gasteiger partial charge in [0.25, 0.3) is 0 Å². The Bertz CT molecular complexity index is 817. The zero-order valence-corrected chi connectivity index (χ0v) is 15.8. The second kappa shape index (κ2) is 8.27. The van der Waals surface area contributed by atoms with E-state index < -0.39 is 7.26 Å². The lowest BCUT2D eigenvalue weighted by molar-refractivity contribution is -0.00000501. The van der Waals surface area contributed by atoms with Gasteiger partial charge in [-0.05, 0) is 36.4 Å². The lowest BCUT2D eigenvalue weighted by Crippen LogP contribution is -3.00. The molecule has 0 unspecified atom stereocenters. The number of benzene rings is 3. The second-order valence-corrected chi connectivity index (χ2v) is 9.34. The minimum atomic E-state index is -1.88. The fourth-order valence-corrected chi connectivity index (χ4v) is 7.27. The average molecular weight is 380 g/mol. The molecule has 0 spiro atoms. The van der Waals surface area contributed by atoms with Crippen LogP contribution in [0.15, 0.2) is 104 Å². The maximum atomic E-state index is 4.41. The largest absolute Gasteiger partial charge is 1.00 e. The van der Waals surface area contributed by atoms with Crippen molar-refractivity contribution in [1.82, 2.24) is 14.8 Å². The van der Waals surface area contributed by atoms with Crippen LogP contribution in [0.3, 0.4) is 0 Å². The normalized spacial score (nSPS) is 10.9. The van der Waals surface area contributed by atoms with E-state index in [2.05, 4.69) is 101 Å². The van der Waals surface area contributed by atoms with E-state index >= 15 is 0 Å². The molecule has 3 nitrogen and oxygen atoms in total. The molecular formula is C21H19ClN3P. The van der Waals surface area contributed by atoms with Gasteiger partial charge in [0.15, 0.2) is 6.29 Å². The summed E-state index contributed by atoms with van der Waals surface area (Å²) in [6.45, 7) is 0. The highest BCUT2D eigenvalue weighted by Gasteiger charge is 2.46. The van der Waals surface area contributed by atoms with Gasteiger partial charge in [0.2, 0.25) is 0 Å². The molecule has 0 aliphatic rings. The van der Waals surface area contributed by atoms with Gasteiger partial charge >= 0.3 is 0 Å². The van der Waals surface area contributed by atoms with E-state index in [0.717, 1.165) is 6.29 Å². The molecule has 0 aliphatic heterocycles. The Kier molecular flexibility index (Phi) is 5.82. The lowest BCUT2D eigenvalue weighted by Gasteiger charge is -2.27. The highest BCUT2D eigenvalue weighted by Crippen LogP contribution is 2.56. The van der Waals surface area contributed by atoms with Crippen LogP contribution in [0.2, 0.25) is 0 Å². The molecule has 0 N–H and O–H groups in total. The Labute approximate surface area is 160 Å². The van der Waals surface area contributed by atoms with Crippen molar-refractivity contribution in [3.05, 3.63) is 104 Å². The Morgan fingerprint density at radius 1 is 0.654 bits per heavy atom. The van der Waals surface area contributed by atoms with Crippen molar-refractivity contribution in [3.63, 3.8) is 0 Å². The SMILES string of the molecule is [Cl-].c1ccc([P+](Cn2cncn2)(c2ccccc2)c2ccccc2)cc1. The molecule has 0 radical (unpaired) electrons. The molecule has 4 aromatic rings. The van der Waals surface area contributed by atoms with Crippen molar-refractivity contribution in [2.75, 3.05) is 0 Å². The van der Waals surface area contributed by atoms with Gasteiger partial charge in [0, 0.05) is 0 Å². The van der Waals surface area contributed by atoms with Crippen molar-refractivity contribution in [2.24, 2.45) is 0 Å². The Morgan fingerprint density at radius 3 is 1.42 bits per heavy atom. The van der Waals surface area contributed by atoms with Gasteiger partial charge in [-0.2, -0.15) is 5.10 Å². The standard InChI is InChI=1S/C21H19N3P.ClH/c1-4-10-19(11-5-1)25(18-24-17-22-16-23-24,20-12-6-2-7-13-20)21-14-8-3-9-15-21;/h1-17H,18H2;1H/q+1;/p-1. The molecule has 0 bridgehead atoms. The average Bonchev–Trinajstić information content (AvgIpc) is 3.21. The second-order valence-electron chi connectivity index (χ2n) is 5.89. The van der Waals surface area contributed by atoms with Crippen molar-refractivity contribution >= 4 is 23.2 Å². The third kappa shape index (κ3) is 3.41. The highest BCUT2D eigenvalue weighted by atomic mass is 35.5. The molecule has 4 rings (SSSR count). The molecule has 0 saturated heterocycles. The van der Waals surface area contributed by atoms with Gasteiger partial charge in [-0.25, -0.2) is 9.67 Å². The van der Waals surface area contributed by atoms with E-state index in [9.17, 15) is 0 Å². The summed E-state index contributed by atoms with van der Waals surface area (Å²) in [5, 5.41) is 8.46. The number of aromatic nitrogens is 3. The quantitative estimate of drug-likeness (QED) is 0.465. The van der Waals surface area contributed by atoms with Crippen LogP contribution in [-0.4, -0.2) is 14.8 Å². The van der Waals surface area contributed by atoms with Crippen LogP contribution in [0, 0.1) is 0 Å². The van der Waals surface area contributed by atoms with E-state index in [1.54, 1.807) is 6.33 Å². The van der Waals surface area contributed by atoms with Crippen LogP contribution in [0.4, 0.5) is 0 Å². The first-order valence-corrected chi connectivity index (χ1v) is 10.2. The van der Waals surface area contributed by atoms with Crippen LogP contribution < -0.4 is 28.3 Å². The van der Waals surface area contributed by atoms with Gasteiger partial charge in [-0.15, -0.1) is 0 Å². The van der Waals surface area contributed by atoms with Gasteiger partial charge in [0.1, 0.15) is 35.8 Å². The molecule has 0 atom stereocenters. The maximum absolute atomic E-state index is 4.41. The van der Waals surface area contributed by atoms with Crippen LogP contribution in [0.25, 0.3) is 0 Å². The third-order valence-electron chi connectivity index (χ3n) is 4.41. The Morgan fingerprint density at radius 2 is 1.08 bits per heavy atom. The number of nitrogens with zero attached hydrogens (tertiary/aromatic N) is 3. The first-order valence-electron chi connectivity index (χ1n) is 8.27. The minimum absolute atomic E-state index is 0. The first-order chi connectivity index (χ1) is 12.4. The fraction of sp³-hybridized carbons (Fsp3) is 0.0476. The number of rotatable bonds is 5. The van der Waals surface area contributed by atoms with Crippen LogP contribution >= 0.6 is 7.26 Å². The summed E-state index contributed by atoms with van der Waals surface area (Å²) < 4.78 is 1.96. The Hall–Kier alpha value is -2.48. The summed E-state index contributed by atoms with van der Waals surface area (Å²) in [6.07, 6.45) is 4.21. The van der Waals surface area contributed by atoms with Crippen molar-refractivity contribution in [3.8, 4) is 0 Å². The van der Waals surface area contributed by atoms with Gasteiger partial charge in [0.05, 0.1) is 0 Å². The third-order valence-corrected chi connectivity index (χ3v) is 8.67. The molecule has 1 heterocycles. The van der Waals surface area contributed by atoms with E-state index in [1.165, 1.54) is 15.9 Å². The predicted molar refractivity (Wildman–Crippen MR) is 105 cm³/mol. The molecule has 0 fully saturated rings. The molecule has 0 amide bonds. The van der Waals surface area contributed by atoms with Gasteiger partial charge in [-0.3, -0.25) is 0 Å². The van der Waals surface area contributed by atoms with Crippen molar-refractivity contribution in [1.29, 1.82) is 0 Å². The zero-order valence-electron chi connectivity index (χ0n) is 14.2. The van der Waals surface area contributed by atoms with E-state index in [1.807, 2.05) is 11.0 Å². The lowest BCUT2D eigenvalue weighted by atomic mass is 10.4. The summed E-state index contributed by atoms with van der Waals surface area (Å²) in [4.78, 5) is 4.16. The summed E-state index contributed by atoms with van der Waals surface area (Å²) in [5.41, 5.74) is 0.